The third kappa shape index (κ3) is 3.95. The molecule has 138 valence electrons. The van der Waals surface area contributed by atoms with E-state index < -0.39 is 23.9 Å². The summed E-state index contributed by atoms with van der Waals surface area (Å²) < 4.78 is 5.32. The summed E-state index contributed by atoms with van der Waals surface area (Å²) in [5.41, 5.74) is 7.15. The molecule has 2 aromatic heterocycles. The molecule has 1 atom stereocenters. The number of thiophene rings is 1. The van der Waals surface area contributed by atoms with Crippen molar-refractivity contribution in [3.8, 4) is 0 Å². The van der Waals surface area contributed by atoms with Gasteiger partial charge in [-0.1, -0.05) is 18.2 Å². The number of fused-ring (bicyclic) bond motifs is 1. The van der Waals surface area contributed by atoms with Crippen molar-refractivity contribution >= 4 is 45.0 Å². The van der Waals surface area contributed by atoms with Crippen LogP contribution in [-0.2, 0) is 9.53 Å². The Bertz CT molecular complexity index is 1040. The van der Waals surface area contributed by atoms with Gasteiger partial charge in [0.1, 0.15) is 5.00 Å². The average molecular weight is 383 g/mol. The number of esters is 1. The van der Waals surface area contributed by atoms with E-state index >= 15 is 0 Å². The summed E-state index contributed by atoms with van der Waals surface area (Å²) in [6.07, 6.45) is -1.06. The fourth-order valence-electron chi connectivity index (χ4n) is 2.57. The minimum atomic E-state index is -1.06. The van der Waals surface area contributed by atoms with E-state index in [1.807, 2.05) is 6.07 Å². The zero-order chi connectivity index (χ0) is 19.6. The normalized spacial score (nSPS) is 11.8. The number of primary amides is 1. The summed E-state index contributed by atoms with van der Waals surface area (Å²) in [6, 6.07) is 10.3. The minimum Gasteiger partial charge on any atom is -0.449 e. The molecule has 8 heteroatoms. The van der Waals surface area contributed by atoms with Crippen LogP contribution in [0.5, 0.6) is 0 Å². The quantitative estimate of drug-likeness (QED) is 0.658. The number of pyridine rings is 1. The lowest BCUT2D eigenvalue weighted by atomic mass is 10.1. The first kappa shape index (κ1) is 18.5. The molecule has 1 aromatic carbocycles. The molecule has 0 aliphatic rings. The zero-order valence-corrected chi connectivity index (χ0v) is 15.5. The third-order valence-corrected chi connectivity index (χ3v) is 4.71. The molecule has 7 nitrogen and oxygen atoms in total. The summed E-state index contributed by atoms with van der Waals surface area (Å²) >= 11 is 1.16. The lowest BCUT2D eigenvalue weighted by Gasteiger charge is -2.14. The number of nitrogens with one attached hydrogen (secondary N) is 1. The molecule has 0 saturated heterocycles. The number of benzene rings is 1. The number of nitrogens with two attached hydrogens (primary N) is 1. The van der Waals surface area contributed by atoms with E-state index in [1.54, 1.807) is 36.6 Å². The first-order valence-corrected chi connectivity index (χ1v) is 9.00. The van der Waals surface area contributed by atoms with E-state index in [0.717, 1.165) is 11.3 Å². The second-order valence-electron chi connectivity index (χ2n) is 5.89. The van der Waals surface area contributed by atoms with Crippen molar-refractivity contribution in [3.05, 3.63) is 58.6 Å². The molecule has 0 unspecified atom stereocenters. The van der Waals surface area contributed by atoms with Gasteiger partial charge in [0.05, 0.1) is 16.6 Å². The van der Waals surface area contributed by atoms with Crippen LogP contribution in [0.25, 0.3) is 10.9 Å². The van der Waals surface area contributed by atoms with Gasteiger partial charge in [0.25, 0.3) is 11.8 Å². The number of anilines is 1. The predicted molar refractivity (Wildman–Crippen MR) is 103 cm³/mol. The van der Waals surface area contributed by atoms with Crippen LogP contribution in [0.3, 0.4) is 0 Å². The summed E-state index contributed by atoms with van der Waals surface area (Å²) in [5.74, 6) is -1.82. The van der Waals surface area contributed by atoms with Crippen LogP contribution in [-0.4, -0.2) is 28.9 Å². The lowest BCUT2D eigenvalue weighted by Crippen LogP contribution is -2.30. The molecule has 3 aromatic rings. The highest BCUT2D eigenvalue weighted by Crippen LogP contribution is 2.23. The number of para-hydroxylation sites is 1. The van der Waals surface area contributed by atoms with Crippen molar-refractivity contribution in [2.75, 3.05) is 5.32 Å². The molecule has 0 aliphatic carbocycles. The largest absolute Gasteiger partial charge is 0.449 e. The van der Waals surface area contributed by atoms with E-state index in [0.29, 0.717) is 27.2 Å². The smallest absolute Gasteiger partial charge is 0.339 e. The van der Waals surface area contributed by atoms with Crippen LogP contribution in [0.2, 0.25) is 0 Å². The second kappa shape index (κ2) is 7.55. The van der Waals surface area contributed by atoms with Gasteiger partial charge < -0.3 is 15.8 Å². The Labute approximate surface area is 159 Å². The number of carbonyl (C=O) groups excluding carboxylic acids is 3. The topological polar surface area (TPSA) is 111 Å². The van der Waals surface area contributed by atoms with Gasteiger partial charge in [-0.05, 0) is 37.4 Å². The van der Waals surface area contributed by atoms with Gasteiger partial charge >= 0.3 is 5.97 Å². The monoisotopic (exact) mass is 383 g/mol. The summed E-state index contributed by atoms with van der Waals surface area (Å²) in [5, 5.41) is 5.17. The molecule has 3 N–H and O–H groups in total. The molecular formula is C19H17N3O4S. The Kier molecular flexibility index (Phi) is 5.18. The molecule has 0 fully saturated rings. The number of rotatable bonds is 5. The van der Waals surface area contributed by atoms with E-state index in [2.05, 4.69) is 10.3 Å². The summed E-state index contributed by atoms with van der Waals surface area (Å²) in [7, 11) is 0. The van der Waals surface area contributed by atoms with Crippen LogP contribution in [0, 0.1) is 6.92 Å². The van der Waals surface area contributed by atoms with Crippen LogP contribution in [0.15, 0.2) is 41.8 Å². The number of amides is 2. The fraction of sp³-hybridized carbons (Fsp3) is 0.158. The highest BCUT2D eigenvalue weighted by atomic mass is 32.1. The predicted octanol–water partition coefficient (Wildman–Crippen LogP) is 2.89. The molecule has 0 saturated carbocycles. The third-order valence-electron chi connectivity index (χ3n) is 3.88. The van der Waals surface area contributed by atoms with Crippen LogP contribution in [0.1, 0.15) is 33.3 Å². The van der Waals surface area contributed by atoms with Crippen LogP contribution >= 0.6 is 11.3 Å². The Hall–Kier alpha value is -3.26. The molecule has 0 spiro atoms. The molecule has 0 bridgehead atoms. The lowest BCUT2D eigenvalue weighted by molar-refractivity contribution is -0.123. The molecule has 2 amide bonds. The standard InChI is InChI=1S/C19H17N3O4S/c1-10-9-14(12-5-3-4-6-15(12)21-10)19(25)26-11(2)17(24)22-18-13(16(20)23)7-8-27-18/h3-9,11H,1-2H3,(H2,20,23)(H,22,24)/t11-/m1/s1. The summed E-state index contributed by atoms with van der Waals surface area (Å²) in [6.45, 7) is 3.24. The SMILES string of the molecule is Cc1cc(C(=O)O[C@H](C)C(=O)Nc2sccc2C(N)=O)c2ccccc2n1. The molecule has 0 radical (unpaired) electrons. The maximum atomic E-state index is 12.6. The molecule has 0 aliphatic heterocycles. The average Bonchev–Trinajstić information content (AvgIpc) is 3.09. The Morgan fingerprint density at radius 1 is 1.19 bits per heavy atom. The summed E-state index contributed by atoms with van der Waals surface area (Å²) in [4.78, 5) is 40.7. The fourth-order valence-corrected chi connectivity index (χ4v) is 3.36. The Balaban J connectivity index is 1.77. The van der Waals surface area contributed by atoms with E-state index in [-0.39, 0.29) is 5.56 Å². The Morgan fingerprint density at radius 2 is 1.93 bits per heavy atom. The first-order chi connectivity index (χ1) is 12.9. The number of hydrogen-bond acceptors (Lipinski definition) is 6. The van der Waals surface area contributed by atoms with Crippen molar-refractivity contribution in [2.24, 2.45) is 5.73 Å². The van der Waals surface area contributed by atoms with Crippen LogP contribution in [0.4, 0.5) is 5.00 Å². The van der Waals surface area contributed by atoms with E-state index in [9.17, 15) is 14.4 Å². The van der Waals surface area contributed by atoms with Crippen molar-refractivity contribution in [1.82, 2.24) is 4.98 Å². The first-order valence-electron chi connectivity index (χ1n) is 8.12. The number of carbonyl (C=O) groups is 3. The maximum Gasteiger partial charge on any atom is 0.339 e. The second-order valence-corrected chi connectivity index (χ2v) is 6.81. The maximum absolute atomic E-state index is 12.6. The molecule has 2 heterocycles. The number of nitrogens with zero attached hydrogens (tertiary/aromatic N) is 1. The van der Waals surface area contributed by atoms with Crippen molar-refractivity contribution in [1.29, 1.82) is 0 Å². The zero-order valence-electron chi connectivity index (χ0n) is 14.7. The molecule has 3 rings (SSSR count). The van der Waals surface area contributed by atoms with Gasteiger partial charge in [0.15, 0.2) is 6.10 Å². The highest BCUT2D eigenvalue weighted by molar-refractivity contribution is 7.14. The van der Waals surface area contributed by atoms with Gasteiger partial charge in [-0.15, -0.1) is 11.3 Å². The van der Waals surface area contributed by atoms with Gasteiger partial charge in [-0.3, -0.25) is 14.6 Å². The van der Waals surface area contributed by atoms with Crippen LogP contribution < -0.4 is 11.1 Å². The van der Waals surface area contributed by atoms with E-state index in [4.69, 9.17) is 10.5 Å². The Morgan fingerprint density at radius 3 is 2.67 bits per heavy atom. The number of aryl methyl sites for hydroxylation is 1. The van der Waals surface area contributed by atoms with Gasteiger partial charge in [-0.2, -0.15) is 0 Å². The van der Waals surface area contributed by atoms with Crippen molar-refractivity contribution in [3.63, 3.8) is 0 Å². The van der Waals surface area contributed by atoms with Gasteiger partial charge in [-0.25, -0.2) is 4.79 Å². The van der Waals surface area contributed by atoms with E-state index in [1.165, 1.54) is 13.0 Å². The molecular weight excluding hydrogens is 366 g/mol. The van der Waals surface area contributed by atoms with Gasteiger partial charge in [0, 0.05) is 11.1 Å². The number of aromatic nitrogens is 1. The van der Waals surface area contributed by atoms with Gasteiger partial charge in [0.2, 0.25) is 0 Å². The minimum absolute atomic E-state index is 0.211. The highest BCUT2D eigenvalue weighted by Gasteiger charge is 2.22. The molecule has 27 heavy (non-hydrogen) atoms. The van der Waals surface area contributed by atoms with Crippen molar-refractivity contribution in [2.45, 2.75) is 20.0 Å². The number of hydrogen-bond donors (Lipinski definition) is 2. The van der Waals surface area contributed by atoms with Crippen molar-refractivity contribution < 1.29 is 19.1 Å². The number of ether oxygens (including phenoxy) is 1.